The van der Waals surface area contributed by atoms with E-state index in [0.717, 1.165) is 73.8 Å². The highest BCUT2D eigenvalue weighted by Crippen LogP contribution is 2.48. The molecule has 0 spiro atoms. The zero-order valence-corrected chi connectivity index (χ0v) is 44.9. The SMILES string of the molecule is C=C/C=C\[C@H](C)CCC1=Cc2c(sc(/C=C\C(=C)c3ccccc3)c2C)C(C2=CCNC3=C(C=CC(/C(=C/C(=C)C(=C)/C=C\C=C/CC)c4sc(/C=C\C)c(/C=C/C5=CCCC=C5)c4C)C3)C(C)C=C2)C1. The number of thiophene rings is 2. The lowest BCUT2D eigenvalue weighted by Crippen LogP contribution is -2.22. The van der Waals surface area contributed by atoms with Crippen molar-refractivity contribution in [3.63, 3.8) is 0 Å². The van der Waals surface area contributed by atoms with Crippen LogP contribution in [-0.4, -0.2) is 6.54 Å². The number of nitrogens with one attached hydrogen (secondary N) is 1. The van der Waals surface area contributed by atoms with Crippen LogP contribution in [0, 0.1) is 31.6 Å². The summed E-state index contributed by atoms with van der Waals surface area (Å²) in [6.07, 6.45) is 59.4. The fourth-order valence-electron chi connectivity index (χ4n) is 9.80. The van der Waals surface area contributed by atoms with Crippen molar-refractivity contribution in [2.75, 3.05) is 6.54 Å². The van der Waals surface area contributed by atoms with Gasteiger partial charge in [0.05, 0.1) is 0 Å². The fourth-order valence-corrected chi connectivity index (χ4v) is 12.5. The third-order valence-electron chi connectivity index (χ3n) is 14.1. The molecule has 0 saturated carbocycles. The average molecular weight is 970 g/mol. The Balaban J connectivity index is 1.20. The molecule has 2 aromatic heterocycles. The van der Waals surface area contributed by atoms with Crippen LogP contribution in [0.5, 0.6) is 0 Å². The molecular formula is C68H75NS2. The normalized spacial score (nSPS) is 20.1. The van der Waals surface area contributed by atoms with Gasteiger partial charge in [-0.2, -0.15) is 0 Å². The van der Waals surface area contributed by atoms with Crippen molar-refractivity contribution in [2.24, 2.45) is 17.8 Å². The first-order valence-electron chi connectivity index (χ1n) is 25.8. The minimum Gasteiger partial charge on any atom is -0.385 e. The Morgan fingerprint density at radius 3 is 2.45 bits per heavy atom. The Kier molecular flexibility index (Phi) is 19.1. The Morgan fingerprint density at radius 1 is 0.859 bits per heavy atom. The summed E-state index contributed by atoms with van der Waals surface area (Å²) in [4.78, 5) is 5.36. The van der Waals surface area contributed by atoms with Crippen LogP contribution in [-0.2, 0) is 0 Å². The fraction of sp³-hybridized carbons (Fsp3) is 0.265. The van der Waals surface area contributed by atoms with Gasteiger partial charge < -0.3 is 5.32 Å². The quantitative estimate of drug-likeness (QED) is 0.118. The van der Waals surface area contributed by atoms with Gasteiger partial charge in [-0.15, -0.1) is 22.7 Å². The van der Waals surface area contributed by atoms with E-state index in [1.165, 1.54) is 75.3 Å². The maximum absolute atomic E-state index is 4.61. The van der Waals surface area contributed by atoms with Crippen LogP contribution in [0.25, 0.3) is 35.5 Å². The molecule has 1 aliphatic heterocycles. The van der Waals surface area contributed by atoms with E-state index in [9.17, 15) is 0 Å². The monoisotopic (exact) mass is 970 g/mol. The highest BCUT2D eigenvalue weighted by Gasteiger charge is 2.30. The summed E-state index contributed by atoms with van der Waals surface area (Å²) in [7, 11) is 0. The van der Waals surface area contributed by atoms with Crippen molar-refractivity contribution in [2.45, 2.75) is 92.4 Å². The van der Waals surface area contributed by atoms with Crippen molar-refractivity contribution >= 4 is 58.1 Å². The molecule has 0 radical (unpaired) electrons. The number of rotatable bonds is 19. The van der Waals surface area contributed by atoms with E-state index in [2.05, 4.69) is 237 Å². The van der Waals surface area contributed by atoms with Crippen molar-refractivity contribution in [3.05, 3.63) is 259 Å². The lowest BCUT2D eigenvalue weighted by atomic mass is 9.80. The van der Waals surface area contributed by atoms with E-state index in [4.69, 9.17) is 0 Å². The molecule has 3 heteroatoms. The number of hydrogen-bond donors (Lipinski definition) is 1. The van der Waals surface area contributed by atoms with Crippen molar-refractivity contribution in [1.82, 2.24) is 5.32 Å². The summed E-state index contributed by atoms with van der Waals surface area (Å²) in [5.74, 6) is 1.13. The first-order valence-corrected chi connectivity index (χ1v) is 27.4. The van der Waals surface area contributed by atoms with Gasteiger partial charge in [0, 0.05) is 49.5 Å². The summed E-state index contributed by atoms with van der Waals surface area (Å²) in [6.45, 7) is 31.7. The molecule has 4 atom stereocenters. The van der Waals surface area contributed by atoms with Gasteiger partial charge in [0.2, 0.25) is 0 Å². The molecule has 3 heterocycles. The first-order chi connectivity index (χ1) is 34.5. The van der Waals surface area contributed by atoms with Gasteiger partial charge in [-0.3, -0.25) is 0 Å². The lowest BCUT2D eigenvalue weighted by Gasteiger charge is -2.27. The predicted octanol–water partition coefficient (Wildman–Crippen LogP) is 19.8. The van der Waals surface area contributed by atoms with E-state index in [1.807, 2.05) is 28.7 Å². The maximum atomic E-state index is 4.61. The molecule has 0 saturated heterocycles. The van der Waals surface area contributed by atoms with Crippen molar-refractivity contribution in [1.29, 1.82) is 0 Å². The summed E-state index contributed by atoms with van der Waals surface area (Å²) < 4.78 is 0. The molecule has 0 amide bonds. The third-order valence-corrected chi connectivity index (χ3v) is 16.8. The van der Waals surface area contributed by atoms with Crippen LogP contribution < -0.4 is 5.32 Å². The van der Waals surface area contributed by atoms with Gasteiger partial charge in [0.1, 0.15) is 0 Å². The number of benzene rings is 1. The van der Waals surface area contributed by atoms with Gasteiger partial charge in [-0.05, 0) is 157 Å². The standard InChI is InChI=1S/C68H75NS2/c1-11-14-16-19-26-48(5)51(8)43-62(67-53(10)60(66(71-67)24-13-3)38-35-54-27-20-17-21-28-54)58-37-39-59-50(7)32-36-57(41-42-69-64(59)46-58)63-45-55(34-31-47(4)25-15-12-2)44-61-52(9)65(70-68(61)63)40-33-49(6)56-29-22-18-23-30-56/h12-16,18-20,22-30,32-33,35-41,43-44,47,50,58,63,69H,2,5-6,8,11,17,21,31,34,42,45-46H2,1,3-4,7,9-10H3/b16-14-,24-13-,25-15-,26-19-,36-32?,38-35+,40-33-,57-41?,62-43-/t47-,50?,58?,63?/m0/s1. The molecule has 4 aliphatic rings. The second kappa shape index (κ2) is 25.7. The molecular weight excluding hydrogens is 895 g/mol. The van der Waals surface area contributed by atoms with E-state index in [1.54, 1.807) is 0 Å². The topological polar surface area (TPSA) is 12.0 Å². The molecule has 71 heavy (non-hydrogen) atoms. The molecule has 3 unspecified atom stereocenters. The summed E-state index contributed by atoms with van der Waals surface area (Å²) in [5, 5.41) is 4.03. The zero-order chi connectivity index (χ0) is 50.3. The third kappa shape index (κ3) is 13.6. The molecule has 0 fully saturated rings. The van der Waals surface area contributed by atoms with Crippen LogP contribution in [0.4, 0.5) is 0 Å². The lowest BCUT2D eigenvalue weighted by molar-refractivity contribution is 0.623. The van der Waals surface area contributed by atoms with Crippen LogP contribution in [0.2, 0.25) is 0 Å². The first kappa shape index (κ1) is 52.6. The van der Waals surface area contributed by atoms with Crippen LogP contribution in [0.3, 0.4) is 0 Å². The zero-order valence-electron chi connectivity index (χ0n) is 43.3. The minimum atomic E-state index is 0.141. The summed E-state index contributed by atoms with van der Waals surface area (Å²) in [6, 6.07) is 10.5. The highest BCUT2D eigenvalue weighted by molar-refractivity contribution is 7.14. The second-order valence-electron chi connectivity index (χ2n) is 19.3. The Hall–Kier alpha value is -6.26. The molecule has 1 nitrogen and oxygen atoms in total. The van der Waals surface area contributed by atoms with Crippen molar-refractivity contribution < 1.29 is 0 Å². The van der Waals surface area contributed by atoms with Gasteiger partial charge in [0.25, 0.3) is 0 Å². The van der Waals surface area contributed by atoms with E-state index >= 15 is 0 Å². The molecule has 364 valence electrons. The largest absolute Gasteiger partial charge is 0.385 e. The number of allylic oxidation sites excluding steroid dienone is 27. The molecule has 1 aromatic carbocycles. The second-order valence-corrected chi connectivity index (χ2v) is 21.5. The van der Waals surface area contributed by atoms with Gasteiger partial charge in [-0.25, -0.2) is 0 Å². The Bertz CT molecular complexity index is 2910. The predicted molar refractivity (Wildman–Crippen MR) is 319 cm³/mol. The summed E-state index contributed by atoms with van der Waals surface area (Å²) >= 11 is 3.84. The van der Waals surface area contributed by atoms with E-state index in [-0.39, 0.29) is 17.8 Å². The van der Waals surface area contributed by atoms with E-state index < -0.39 is 0 Å². The number of fused-ring (bicyclic) bond motifs is 1. The van der Waals surface area contributed by atoms with Crippen LogP contribution in [0.1, 0.15) is 126 Å². The number of hydrogen-bond acceptors (Lipinski definition) is 3. The molecule has 1 N–H and O–H groups in total. The molecule has 0 bridgehead atoms. The van der Waals surface area contributed by atoms with Gasteiger partial charge >= 0.3 is 0 Å². The van der Waals surface area contributed by atoms with Crippen LogP contribution >= 0.6 is 22.7 Å². The van der Waals surface area contributed by atoms with Crippen molar-refractivity contribution in [3.8, 4) is 0 Å². The van der Waals surface area contributed by atoms with Gasteiger partial charge in [0.15, 0.2) is 0 Å². The van der Waals surface area contributed by atoms with E-state index in [0.29, 0.717) is 5.92 Å². The highest BCUT2D eigenvalue weighted by atomic mass is 32.1. The summed E-state index contributed by atoms with van der Waals surface area (Å²) in [5.41, 5.74) is 17.5. The molecule has 3 aliphatic carbocycles. The smallest absolute Gasteiger partial charge is 0.0350 e. The molecule has 3 aromatic rings. The van der Waals surface area contributed by atoms with Gasteiger partial charge in [-0.1, -0.05) is 205 Å². The Morgan fingerprint density at radius 2 is 1.69 bits per heavy atom. The maximum Gasteiger partial charge on any atom is 0.0350 e. The molecule has 7 rings (SSSR count). The minimum absolute atomic E-state index is 0.141. The van der Waals surface area contributed by atoms with Crippen LogP contribution in [0.15, 0.2) is 211 Å². The average Bonchev–Trinajstić information content (AvgIpc) is 3.90. The Labute approximate surface area is 436 Å².